The molecule has 0 saturated carbocycles. The topological polar surface area (TPSA) is 204 Å². The summed E-state index contributed by atoms with van der Waals surface area (Å²) >= 11 is 5.83. The summed E-state index contributed by atoms with van der Waals surface area (Å²) in [4.78, 5) is 39.2. The number of nitrogen functional groups attached to an aromatic ring is 2. The number of amides is 2. The standard InChI is InChI=1S/C34H43ClN10O2.H2S/c1-45(2)17-5-7-21-10-14-26(15-11-21)41-32(46)27(36)20-23-9-13-24-18-22(8-12-25(24)19-23)6-3-4-16-40-34(39)44-33(47)28-30(37)43-31(38)29(35)42-28;/h8-15,18-19,27H,3-7,16-17,20,36H2,1-2H3,(H,41,46)(H4,37,38,43)(H3,39,40,44,47);1H2/t27-;/m0./s1. The van der Waals surface area contributed by atoms with Gasteiger partial charge in [0.1, 0.15) is 0 Å². The number of aliphatic imine (C=N–C) groups is 1. The van der Waals surface area contributed by atoms with E-state index in [0.717, 1.165) is 60.7 Å². The van der Waals surface area contributed by atoms with Crippen LogP contribution in [0.5, 0.6) is 0 Å². The number of unbranched alkanes of at least 4 members (excludes halogenated alkanes) is 1. The lowest BCUT2D eigenvalue weighted by atomic mass is 9.98. The summed E-state index contributed by atoms with van der Waals surface area (Å²) in [6, 6.07) is 19.8. The summed E-state index contributed by atoms with van der Waals surface area (Å²) < 4.78 is 0. The fraction of sp³-hybridized carbons (Fsp3) is 0.324. The van der Waals surface area contributed by atoms with Gasteiger partial charge < -0.3 is 33.2 Å². The van der Waals surface area contributed by atoms with Crippen LogP contribution < -0.4 is 33.6 Å². The van der Waals surface area contributed by atoms with Crippen molar-refractivity contribution in [1.82, 2.24) is 20.2 Å². The summed E-state index contributed by atoms with van der Waals surface area (Å²) in [5.41, 5.74) is 27.4. The van der Waals surface area contributed by atoms with Crippen LogP contribution in [0.25, 0.3) is 10.8 Å². The number of nitrogens with two attached hydrogens (primary N) is 4. The van der Waals surface area contributed by atoms with Crippen molar-refractivity contribution in [1.29, 1.82) is 0 Å². The highest BCUT2D eigenvalue weighted by molar-refractivity contribution is 7.59. The fourth-order valence-electron chi connectivity index (χ4n) is 5.03. The number of benzene rings is 3. The van der Waals surface area contributed by atoms with Gasteiger partial charge in [-0.1, -0.05) is 60.1 Å². The van der Waals surface area contributed by atoms with Crippen LogP contribution in [0.1, 0.15) is 46.4 Å². The monoisotopic (exact) mass is 692 g/mol. The number of rotatable bonds is 14. The summed E-state index contributed by atoms with van der Waals surface area (Å²) in [5.74, 6) is -1.15. The molecule has 4 aromatic rings. The normalized spacial score (nSPS) is 12.1. The van der Waals surface area contributed by atoms with Gasteiger partial charge in [-0.15, -0.1) is 0 Å². The molecule has 48 heavy (non-hydrogen) atoms. The van der Waals surface area contributed by atoms with Crippen molar-refractivity contribution in [2.75, 3.05) is 44.0 Å². The lowest BCUT2D eigenvalue weighted by molar-refractivity contribution is -0.117. The molecule has 0 saturated heterocycles. The second-order valence-electron chi connectivity index (χ2n) is 11.7. The van der Waals surface area contributed by atoms with Gasteiger partial charge in [0.05, 0.1) is 6.04 Å². The Balaban J connectivity index is 0.00000625. The number of nitrogens with one attached hydrogen (secondary N) is 2. The second kappa shape index (κ2) is 18.2. The first-order valence-electron chi connectivity index (χ1n) is 15.5. The number of nitrogens with zero attached hydrogens (tertiary/aromatic N) is 4. The van der Waals surface area contributed by atoms with Gasteiger partial charge >= 0.3 is 0 Å². The third-order valence-corrected chi connectivity index (χ3v) is 7.85. The molecular formula is C34H45ClN10O2S. The van der Waals surface area contributed by atoms with Crippen molar-refractivity contribution in [3.63, 3.8) is 0 Å². The Kier molecular flexibility index (Phi) is 14.4. The molecule has 0 spiro atoms. The molecule has 256 valence electrons. The molecule has 4 rings (SSSR count). The van der Waals surface area contributed by atoms with E-state index in [2.05, 4.69) is 87.1 Å². The molecule has 14 heteroatoms. The minimum absolute atomic E-state index is 0. The van der Waals surface area contributed by atoms with Crippen molar-refractivity contribution >= 4 is 71.0 Å². The van der Waals surface area contributed by atoms with Crippen molar-refractivity contribution in [3.05, 3.63) is 88.2 Å². The number of anilines is 3. The molecule has 1 aromatic heterocycles. The van der Waals surface area contributed by atoms with Crippen LogP contribution in [0.2, 0.25) is 5.15 Å². The zero-order valence-corrected chi connectivity index (χ0v) is 29.1. The maximum Gasteiger partial charge on any atom is 0.280 e. The smallest absolute Gasteiger partial charge is 0.280 e. The van der Waals surface area contributed by atoms with Crippen molar-refractivity contribution < 1.29 is 9.59 Å². The Hall–Kier alpha value is -4.43. The first-order chi connectivity index (χ1) is 22.5. The van der Waals surface area contributed by atoms with Crippen LogP contribution in [0.4, 0.5) is 17.3 Å². The predicted molar refractivity (Wildman–Crippen MR) is 201 cm³/mol. The quantitative estimate of drug-likeness (QED) is 0.0648. The van der Waals surface area contributed by atoms with E-state index in [-0.39, 0.29) is 47.8 Å². The fourth-order valence-corrected chi connectivity index (χ4v) is 5.15. The molecule has 1 heterocycles. The van der Waals surface area contributed by atoms with Crippen molar-refractivity contribution in [2.45, 2.75) is 44.6 Å². The van der Waals surface area contributed by atoms with Gasteiger partial charge in [-0.2, -0.15) is 13.5 Å². The van der Waals surface area contributed by atoms with E-state index in [4.69, 9.17) is 34.5 Å². The van der Waals surface area contributed by atoms with Crippen LogP contribution >= 0.6 is 25.1 Å². The minimum atomic E-state index is -0.671. The molecule has 2 amide bonds. The molecule has 0 radical (unpaired) electrons. The second-order valence-corrected chi connectivity index (χ2v) is 12.1. The van der Waals surface area contributed by atoms with Crippen LogP contribution in [-0.2, 0) is 24.1 Å². The minimum Gasteiger partial charge on any atom is -0.382 e. The number of fused-ring (bicyclic) bond motifs is 1. The van der Waals surface area contributed by atoms with Crippen molar-refractivity contribution in [3.8, 4) is 0 Å². The number of carbonyl (C=O) groups excluding carboxylic acids is 2. The SMILES string of the molecule is CN(C)CCCc1ccc(NC(=O)[C@@H](N)Cc2ccc3cc(CCCCN=C(N)NC(=O)c4nc(Cl)c(N)nc4N)ccc3c2)cc1.S. The first-order valence-corrected chi connectivity index (χ1v) is 15.9. The number of carbonyl (C=O) groups is 2. The van der Waals surface area contributed by atoms with E-state index in [1.807, 2.05) is 18.2 Å². The molecule has 0 aliphatic heterocycles. The van der Waals surface area contributed by atoms with E-state index in [0.29, 0.717) is 13.0 Å². The molecule has 3 aromatic carbocycles. The van der Waals surface area contributed by atoms with Crippen LogP contribution in [-0.4, -0.2) is 65.9 Å². The van der Waals surface area contributed by atoms with Gasteiger partial charge in [-0.3, -0.25) is 19.9 Å². The molecule has 0 aliphatic carbocycles. The van der Waals surface area contributed by atoms with E-state index in [1.54, 1.807) is 0 Å². The van der Waals surface area contributed by atoms with E-state index >= 15 is 0 Å². The molecule has 10 N–H and O–H groups in total. The Morgan fingerprint density at radius 3 is 2.19 bits per heavy atom. The third-order valence-electron chi connectivity index (χ3n) is 7.57. The third kappa shape index (κ3) is 11.4. The van der Waals surface area contributed by atoms with E-state index in [9.17, 15) is 9.59 Å². The predicted octanol–water partition coefficient (Wildman–Crippen LogP) is 3.63. The molecule has 1 atom stereocenters. The average Bonchev–Trinajstić information content (AvgIpc) is 3.03. The molecule has 0 aliphatic rings. The lowest BCUT2D eigenvalue weighted by Crippen LogP contribution is -2.38. The number of aryl methyl sites for hydroxylation is 2. The zero-order valence-electron chi connectivity index (χ0n) is 27.3. The van der Waals surface area contributed by atoms with Gasteiger partial charge in [0.15, 0.2) is 28.4 Å². The summed E-state index contributed by atoms with van der Waals surface area (Å²) in [5, 5.41) is 7.45. The van der Waals surface area contributed by atoms with Crippen molar-refractivity contribution in [2.24, 2.45) is 16.5 Å². The maximum atomic E-state index is 12.8. The highest BCUT2D eigenvalue weighted by Gasteiger charge is 2.17. The Labute approximate surface area is 293 Å². The van der Waals surface area contributed by atoms with Gasteiger partial charge in [0.25, 0.3) is 5.91 Å². The van der Waals surface area contributed by atoms with Crippen LogP contribution in [0, 0.1) is 0 Å². The van der Waals surface area contributed by atoms with Gasteiger partial charge in [-0.05, 0) is 98.8 Å². The zero-order chi connectivity index (χ0) is 33.9. The van der Waals surface area contributed by atoms with Gasteiger partial charge in [0.2, 0.25) is 5.91 Å². The summed E-state index contributed by atoms with van der Waals surface area (Å²) in [6.45, 7) is 1.47. The van der Waals surface area contributed by atoms with Gasteiger partial charge in [0, 0.05) is 12.2 Å². The van der Waals surface area contributed by atoms with Gasteiger partial charge in [-0.25, -0.2) is 9.97 Å². The average molecular weight is 693 g/mol. The Bertz CT molecular complexity index is 1730. The number of halogens is 1. The highest BCUT2D eigenvalue weighted by Crippen LogP contribution is 2.21. The van der Waals surface area contributed by atoms with E-state index < -0.39 is 11.9 Å². The number of aromatic nitrogens is 2. The molecule has 0 fully saturated rings. The molecule has 0 bridgehead atoms. The molecular weight excluding hydrogens is 648 g/mol. The van der Waals surface area contributed by atoms with Crippen LogP contribution in [0.15, 0.2) is 65.7 Å². The molecule has 0 unspecified atom stereocenters. The highest BCUT2D eigenvalue weighted by atomic mass is 35.5. The lowest BCUT2D eigenvalue weighted by Gasteiger charge is -2.14. The van der Waals surface area contributed by atoms with Crippen LogP contribution in [0.3, 0.4) is 0 Å². The Morgan fingerprint density at radius 2 is 1.50 bits per heavy atom. The summed E-state index contributed by atoms with van der Waals surface area (Å²) in [6.07, 6.45) is 5.03. The Morgan fingerprint density at radius 1 is 0.875 bits per heavy atom. The number of hydrogen-bond acceptors (Lipinski definition) is 9. The summed E-state index contributed by atoms with van der Waals surface area (Å²) in [7, 11) is 4.14. The number of hydrogen-bond donors (Lipinski definition) is 6. The number of guanidine groups is 1. The first kappa shape index (κ1) is 38.0. The van der Waals surface area contributed by atoms with E-state index in [1.165, 1.54) is 11.1 Å². The largest absolute Gasteiger partial charge is 0.382 e. The molecule has 12 nitrogen and oxygen atoms in total. The maximum absolute atomic E-state index is 12.8.